The Morgan fingerprint density at radius 1 is 0.443 bits per heavy atom. The van der Waals surface area contributed by atoms with Gasteiger partial charge in [0.1, 0.15) is 29.6 Å². The van der Waals surface area contributed by atoms with E-state index in [9.17, 15) is 48.6 Å². The van der Waals surface area contributed by atoms with E-state index in [1.165, 1.54) is 48.5 Å². The van der Waals surface area contributed by atoms with Gasteiger partial charge in [0.05, 0.1) is 17.2 Å². The minimum atomic E-state index is -1.20. The molecule has 428 valence electrons. The van der Waals surface area contributed by atoms with E-state index in [-0.39, 0.29) is 64.5 Å². The molecule has 4 atom stereocenters. The number of amides is 8. The van der Waals surface area contributed by atoms with E-state index < -0.39 is 82.9 Å². The predicted octanol–water partition coefficient (Wildman–Crippen LogP) is 3.62. The first-order valence-electron chi connectivity index (χ1n) is 26.6. The summed E-state index contributed by atoms with van der Waals surface area (Å²) in [5.74, 6) is -6.30. The summed E-state index contributed by atoms with van der Waals surface area (Å²) < 4.78 is 0. The molecule has 8 amide bonds. The first-order valence-corrected chi connectivity index (χ1v) is 26.6. The van der Waals surface area contributed by atoms with Gasteiger partial charge in [-0.3, -0.25) is 38.4 Å². The fourth-order valence-electron chi connectivity index (χ4n) is 8.44. The number of carbonyl (C=O) groups excluding carboxylic acids is 8. The number of aryl methyl sites for hydroxylation is 1. The molecule has 0 aromatic heterocycles. The quantitative estimate of drug-likeness (QED) is 0.0245. The van der Waals surface area contributed by atoms with Crippen molar-refractivity contribution in [3.8, 4) is 11.5 Å². The molecule has 4 rings (SSSR count). The molecule has 0 unspecified atom stereocenters. The van der Waals surface area contributed by atoms with Gasteiger partial charge < -0.3 is 81.8 Å². The maximum atomic E-state index is 14.0. The Morgan fingerprint density at radius 3 is 1.15 bits per heavy atom. The number of primary amides is 1. The van der Waals surface area contributed by atoms with Crippen molar-refractivity contribution in [1.82, 2.24) is 16.0 Å². The number of nitrogens with one attached hydrogen (secondary N) is 7. The molecule has 23 nitrogen and oxygen atoms in total. The van der Waals surface area contributed by atoms with Gasteiger partial charge in [-0.05, 0) is 181 Å². The fourth-order valence-corrected chi connectivity index (χ4v) is 8.44. The zero-order valence-corrected chi connectivity index (χ0v) is 45.3. The number of benzene rings is 4. The van der Waals surface area contributed by atoms with Crippen molar-refractivity contribution in [2.75, 3.05) is 47.4 Å². The molecular formula is C56H79N13O10. The van der Waals surface area contributed by atoms with Crippen molar-refractivity contribution in [2.45, 2.75) is 128 Å². The van der Waals surface area contributed by atoms with Crippen molar-refractivity contribution >= 4 is 70.0 Å². The molecule has 21 N–H and O–H groups in total. The number of hydrogen-bond donors (Lipinski definition) is 15. The average Bonchev–Trinajstić information content (AvgIpc) is 3.45. The standard InChI is InChI=1S/C56H79N13O10/c1-32(2)38-21-18-35(29-40(38)49(62)72)65-54(77)44(13-5-9-25-58)67-50(73)39-28-34(17-16-33(39)3)64-55(78)45(14-6-10-26-59)68-52(75)42-31-37(20-23-48(42)71)66-56(79)46(15-7-11-27-60)69-51(74)41-30-36(19-22-47(41)70)63-53(76)43(61)12-4-8-24-57/h16-23,28-32,43-46,70-71H,4-15,24-27,57-61H2,1-3H3,(H2,62,72)(H,63,76)(H,64,78)(H,65,77)(H,66,79)(H,67,73)(H,68,75)(H,69,74)/t43-,44-,45-,46-/m0/s1. The van der Waals surface area contributed by atoms with Crippen molar-refractivity contribution in [2.24, 2.45) is 34.4 Å². The van der Waals surface area contributed by atoms with Crippen LogP contribution in [0.25, 0.3) is 0 Å². The van der Waals surface area contributed by atoms with Crippen LogP contribution >= 0.6 is 0 Å². The lowest BCUT2D eigenvalue weighted by molar-refractivity contribution is -0.118. The molecule has 0 heterocycles. The zero-order valence-electron chi connectivity index (χ0n) is 45.3. The monoisotopic (exact) mass is 1090 g/mol. The van der Waals surface area contributed by atoms with Gasteiger partial charge in [0.2, 0.25) is 29.5 Å². The molecule has 4 aromatic rings. The number of phenolic OH excluding ortho intramolecular Hbond substituents is 2. The first-order chi connectivity index (χ1) is 37.7. The Bertz CT molecular complexity index is 2770. The van der Waals surface area contributed by atoms with Crippen LogP contribution in [0.5, 0.6) is 11.5 Å². The van der Waals surface area contributed by atoms with Crippen molar-refractivity contribution < 1.29 is 48.6 Å². The van der Waals surface area contributed by atoms with Gasteiger partial charge in [0.15, 0.2) is 0 Å². The molecule has 0 spiro atoms. The van der Waals surface area contributed by atoms with Gasteiger partial charge in [-0.15, -0.1) is 0 Å². The summed E-state index contributed by atoms with van der Waals surface area (Å²) in [4.78, 5) is 108. The van der Waals surface area contributed by atoms with Crippen LogP contribution in [0.1, 0.15) is 149 Å². The number of hydrogen-bond acceptors (Lipinski definition) is 15. The number of rotatable bonds is 32. The molecule has 0 aliphatic carbocycles. The summed E-state index contributed by atoms with van der Waals surface area (Å²) >= 11 is 0. The third-order valence-corrected chi connectivity index (χ3v) is 13.0. The zero-order chi connectivity index (χ0) is 58.2. The average molecular weight is 1090 g/mol. The lowest BCUT2D eigenvalue weighted by Gasteiger charge is -2.21. The molecule has 0 saturated heterocycles. The minimum Gasteiger partial charge on any atom is -0.507 e. The summed E-state index contributed by atoms with van der Waals surface area (Å²) in [5.41, 5.74) is 36.3. The summed E-state index contributed by atoms with van der Waals surface area (Å²) in [6, 6.07) is 12.8. The molecule has 0 fully saturated rings. The van der Waals surface area contributed by atoms with Crippen LogP contribution in [0.4, 0.5) is 22.7 Å². The van der Waals surface area contributed by atoms with Crippen LogP contribution in [-0.4, -0.2) is 108 Å². The molecular weight excluding hydrogens is 1010 g/mol. The summed E-state index contributed by atoms with van der Waals surface area (Å²) in [7, 11) is 0. The molecule has 0 saturated carbocycles. The first kappa shape index (κ1) is 63.6. The molecule has 0 aliphatic heterocycles. The number of anilines is 4. The summed E-state index contributed by atoms with van der Waals surface area (Å²) in [6.07, 6.45) is 5.13. The van der Waals surface area contributed by atoms with E-state index in [0.717, 1.165) is 0 Å². The molecule has 79 heavy (non-hydrogen) atoms. The van der Waals surface area contributed by atoms with Crippen LogP contribution in [0.3, 0.4) is 0 Å². The van der Waals surface area contributed by atoms with Crippen molar-refractivity contribution in [1.29, 1.82) is 0 Å². The van der Waals surface area contributed by atoms with Crippen molar-refractivity contribution in [3.63, 3.8) is 0 Å². The number of carbonyl (C=O) groups is 8. The second-order valence-electron chi connectivity index (χ2n) is 19.6. The van der Waals surface area contributed by atoms with Crippen LogP contribution in [0.15, 0.2) is 72.8 Å². The highest BCUT2D eigenvalue weighted by Crippen LogP contribution is 2.27. The van der Waals surface area contributed by atoms with E-state index in [4.69, 9.17) is 34.4 Å². The van der Waals surface area contributed by atoms with Crippen LogP contribution in [0.2, 0.25) is 0 Å². The Labute approximate surface area is 460 Å². The van der Waals surface area contributed by atoms with E-state index in [1.807, 2.05) is 13.8 Å². The van der Waals surface area contributed by atoms with Gasteiger partial charge in [0, 0.05) is 33.9 Å². The van der Waals surface area contributed by atoms with E-state index in [0.29, 0.717) is 101 Å². The van der Waals surface area contributed by atoms with Crippen molar-refractivity contribution in [3.05, 3.63) is 106 Å². The van der Waals surface area contributed by atoms with Crippen LogP contribution < -0.4 is 71.6 Å². The number of unbranched alkanes of at least 4 members (excludes halogenated alkanes) is 4. The normalized spacial score (nSPS) is 12.6. The van der Waals surface area contributed by atoms with E-state index in [1.54, 1.807) is 31.2 Å². The van der Waals surface area contributed by atoms with Crippen LogP contribution in [-0.2, 0) is 19.2 Å². The van der Waals surface area contributed by atoms with Crippen LogP contribution in [0, 0.1) is 6.92 Å². The van der Waals surface area contributed by atoms with Gasteiger partial charge in [-0.2, -0.15) is 0 Å². The minimum absolute atomic E-state index is 0.00708. The van der Waals surface area contributed by atoms with E-state index >= 15 is 0 Å². The smallest absolute Gasteiger partial charge is 0.255 e. The van der Waals surface area contributed by atoms with Gasteiger partial charge in [-0.25, -0.2) is 0 Å². The highest BCUT2D eigenvalue weighted by Gasteiger charge is 2.28. The highest BCUT2D eigenvalue weighted by molar-refractivity contribution is 6.07. The second-order valence-corrected chi connectivity index (χ2v) is 19.6. The Hall–Kier alpha value is -7.96. The predicted molar refractivity (Wildman–Crippen MR) is 304 cm³/mol. The van der Waals surface area contributed by atoms with Gasteiger partial charge in [0.25, 0.3) is 17.7 Å². The third kappa shape index (κ3) is 19.8. The SMILES string of the molecule is Cc1ccc(NC(=O)[C@H](CCCCN)NC(=O)c2cc(NC(=O)[C@H](CCCCN)NC(=O)c3cc(NC(=O)[C@@H](N)CCCCN)ccc3O)ccc2O)cc1C(=O)N[C@@H](CCCCN)C(=O)Nc1ccc(C(C)C)c(C(N)=O)c1. The summed E-state index contributed by atoms with van der Waals surface area (Å²) in [5, 5.41) is 40.5. The van der Waals surface area contributed by atoms with Gasteiger partial charge in [-0.1, -0.05) is 32.4 Å². The summed E-state index contributed by atoms with van der Waals surface area (Å²) in [6.45, 7) is 6.94. The lowest BCUT2D eigenvalue weighted by Crippen LogP contribution is -2.44. The number of phenols is 2. The Balaban J connectivity index is 1.50. The van der Waals surface area contributed by atoms with Gasteiger partial charge >= 0.3 is 0 Å². The maximum Gasteiger partial charge on any atom is 0.255 e. The molecule has 23 heteroatoms. The second kappa shape index (κ2) is 32.1. The highest BCUT2D eigenvalue weighted by atomic mass is 16.3. The largest absolute Gasteiger partial charge is 0.507 e. The Morgan fingerprint density at radius 2 is 0.772 bits per heavy atom. The number of aromatic hydroxyl groups is 2. The molecule has 0 aliphatic rings. The number of nitrogens with two attached hydrogens (primary N) is 6. The Kier molecular flexibility index (Phi) is 25.8. The fraction of sp³-hybridized carbons (Fsp3) is 0.429. The van der Waals surface area contributed by atoms with E-state index in [2.05, 4.69) is 37.2 Å². The topological polar surface area (TPSA) is 417 Å². The lowest BCUT2D eigenvalue weighted by atomic mass is 9.96. The third-order valence-electron chi connectivity index (χ3n) is 13.0. The molecule has 0 radical (unpaired) electrons. The molecule has 4 aromatic carbocycles. The molecule has 0 bridgehead atoms. The maximum absolute atomic E-state index is 14.0.